The molecule has 1 aliphatic carbocycles. The smallest absolute Gasteiger partial charge is 0.0878 e. The standard InChI is InChI=1S/C27H25NO/c1-18-13-16-24-27-25(18)23(21-11-7-4-8-12-21)17-22(26(27)19(2)28(24)29)15-14-20-9-5-3-6-10-20/h3-13,16-17,22,29H,14-15H2,1-2H3. The van der Waals surface area contributed by atoms with E-state index in [0.29, 0.717) is 0 Å². The van der Waals surface area contributed by atoms with Gasteiger partial charge >= 0.3 is 0 Å². The molecule has 1 aromatic heterocycles. The molecule has 2 nitrogen and oxygen atoms in total. The second-order valence-electron chi connectivity index (χ2n) is 8.04. The highest BCUT2D eigenvalue weighted by molar-refractivity contribution is 6.03. The van der Waals surface area contributed by atoms with E-state index in [9.17, 15) is 5.21 Å². The lowest BCUT2D eigenvalue weighted by Gasteiger charge is -2.25. The average Bonchev–Trinajstić information content (AvgIpc) is 3.02. The molecule has 1 atom stereocenters. The molecule has 0 saturated carbocycles. The van der Waals surface area contributed by atoms with Gasteiger partial charge in [0.05, 0.1) is 11.2 Å². The van der Waals surface area contributed by atoms with Gasteiger partial charge in [-0.3, -0.25) is 0 Å². The molecule has 1 N–H and O–H groups in total. The first-order chi connectivity index (χ1) is 14.1. The topological polar surface area (TPSA) is 25.2 Å². The lowest BCUT2D eigenvalue weighted by Crippen LogP contribution is -2.08. The van der Waals surface area contributed by atoms with Gasteiger partial charge in [0, 0.05) is 11.3 Å². The summed E-state index contributed by atoms with van der Waals surface area (Å²) in [5.74, 6) is 0.274. The number of allylic oxidation sites excluding steroid dienone is 1. The van der Waals surface area contributed by atoms with Gasteiger partial charge in [-0.15, -0.1) is 0 Å². The molecule has 1 heterocycles. The average molecular weight is 380 g/mol. The fraction of sp³-hybridized carbons (Fsp3) is 0.185. The summed E-state index contributed by atoms with van der Waals surface area (Å²) in [4.78, 5) is 0. The van der Waals surface area contributed by atoms with E-state index in [4.69, 9.17) is 0 Å². The molecule has 0 amide bonds. The lowest BCUT2D eigenvalue weighted by molar-refractivity contribution is 0.193. The molecule has 3 aromatic carbocycles. The highest BCUT2D eigenvalue weighted by Crippen LogP contribution is 2.46. The Morgan fingerprint density at radius 3 is 2.28 bits per heavy atom. The summed E-state index contributed by atoms with van der Waals surface area (Å²) in [6, 6.07) is 25.5. The van der Waals surface area contributed by atoms with Crippen LogP contribution in [0.3, 0.4) is 0 Å². The molecule has 0 saturated heterocycles. The van der Waals surface area contributed by atoms with Gasteiger partial charge in [-0.25, -0.2) is 0 Å². The quantitative estimate of drug-likeness (QED) is 0.394. The normalized spacial score (nSPS) is 15.5. The lowest BCUT2D eigenvalue weighted by atomic mass is 9.78. The second kappa shape index (κ2) is 6.97. The van der Waals surface area contributed by atoms with Crippen molar-refractivity contribution in [2.75, 3.05) is 0 Å². The number of rotatable bonds is 4. The molecule has 0 radical (unpaired) electrons. The van der Waals surface area contributed by atoms with Crippen LogP contribution in [0.15, 0.2) is 78.9 Å². The van der Waals surface area contributed by atoms with Crippen molar-refractivity contribution in [3.05, 3.63) is 112 Å². The van der Waals surface area contributed by atoms with E-state index in [0.717, 1.165) is 24.1 Å². The minimum absolute atomic E-state index is 0.274. The van der Waals surface area contributed by atoms with Crippen LogP contribution in [0.1, 0.15) is 45.8 Å². The zero-order valence-corrected chi connectivity index (χ0v) is 16.9. The maximum atomic E-state index is 10.8. The summed E-state index contributed by atoms with van der Waals surface area (Å²) < 4.78 is 1.38. The highest BCUT2D eigenvalue weighted by atomic mass is 16.5. The first kappa shape index (κ1) is 17.8. The zero-order chi connectivity index (χ0) is 20.0. The van der Waals surface area contributed by atoms with Gasteiger partial charge in [0.25, 0.3) is 0 Å². The Kier molecular flexibility index (Phi) is 4.28. The molecule has 5 rings (SSSR count). The molecule has 29 heavy (non-hydrogen) atoms. The van der Waals surface area contributed by atoms with Crippen molar-refractivity contribution >= 4 is 16.5 Å². The van der Waals surface area contributed by atoms with E-state index in [-0.39, 0.29) is 5.92 Å². The summed E-state index contributed by atoms with van der Waals surface area (Å²) >= 11 is 0. The van der Waals surface area contributed by atoms with Crippen LogP contribution in [-0.4, -0.2) is 9.94 Å². The van der Waals surface area contributed by atoms with E-state index < -0.39 is 0 Å². The number of aromatic nitrogens is 1. The van der Waals surface area contributed by atoms with E-state index in [1.54, 1.807) is 0 Å². The maximum Gasteiger partial charge on any atom is 0.0878 e. The number of benzene rings is 3. The number of hydrogen-bond donors (Lipinski definition) is 1. The monoisotopic (exact) mass is 379 g/mol. The molecular weight excluding hydrogens is 354 g/mol. The van der Waals surface area contributed by atoms with Crippen LogP contribution in [-0.2, 0) is 6.42 Å². The molecule has 4 aromatic rings. The second-order valence-corrected chi connectivity index (χ2v) is 8.04. The molecule has 0 bridgehead atoms. The van der Waals surface area contributed by atoms with E-state index in [1.165, 1.54) is 43.5 Å². The predicted molar refractivity (Wildman–Crippen MR) is 120 cm³/mol. The SMILES string of the molecule is Cc1ccc2c3c1C(c1ccccc1)=CC(CCc1ccccc1)c3c(C)n2O. The van der Waals surface area contributed by atoms with E-state index in [1.807, 2.05) is 13.0 Å². The third-order valence-corrected chi connectivity index (χ3v) is 6.28. The van der Waals surface area contributed by atoms with Crippen molar-refractivity contribution in [1.29, 1.82) is 0 Å². The van der Waals surface area contributed by atoms with Gasteiger partial charge in [-0.2, -0.15) is 4.73 Å². The first-order valence-electron chi connectivity index (χ1n) is 10.3. The van der Waals surface area contributed by atoms with E-state index in [2.05, 4.69) is 79.7 Å². The number of nitrogens with zero attached hydrogens (tertiary/aromatic N) is 1. The Hall–Kier alpha value is -3.26. The Bertz CT molecular complexity index is 1220. The van der Waals surface area contributed by atoms with Gasteiger partial charge in [0.2, 0.25) is 0 Å². The van der Waals surface area contributed by atoms with Crippen LogP contribution in [0.25, 0.3) is 16.5 Å². The Morgan fingerprint density at radius 2 is 1.55 bits per heavy atom. The summed E-state index contributed by atoms with van der Waals surface area (Å²) in [6.07, 6.45) is 4.46. The van der Waals surface area contributed by atoms with E-state index >= 15 is 0 Å². The fourth-order valence-corrected chi connectivity index (χ4v) is 4.84. The van der Waals surface area contributed by atoms with Gasteiger partial charge < -0.3 is 5.21 Å². The van der Waals surface area contributed by atoms with Crippen molar-refractivity contribution in [3.8, 4) is 0 Å². The minimum atomic E-state index is 0.274. The molecule has 1 aliphatic rings. The Labute approximate surface area is 171 Å². The third-order valence-electron chi connectivity index (χ3n) is 6.28. The number of aryl methyl sites for hydroxylation is 2. The Morgan fingerprint density at radius 1 is 0.862 bits per heavy atom. The predicted octanol–water partition coefficient (Wildman–Crippen LogP) is 6.66. The van der Waals surface area contributed by atoms with Crippen LogP contribution in [0.5, 0.6) is 0 Å². The highest BCUT2D eigenvalue weighted by Gasteiger charge is 2.29. The van der Waals surface area contributed by atoms with Crippen molar-refractivity contribution < 1.29 is 5.21 Å². The van der Waals surface area contributed by atoms with Crippen molar-refractivity contribution in [3.63, 3.8) is 0 Å². The zero-order valence-electron chi connectivity index (χ0n) is 16.9. The summed E-state index contributed by atoms with van der Waals surface area (Å²) in [6.45, 7) is 4.20. The first-order valence-corrected chi connectivity index (χ1v) is 10.3. The molecule has 0 spiro atoms. The molecule has 0 aliphatic heterocycles. The van der Waals surface area contributed by atoms with Crippen molar-refractivity contribution in [1.82, 2.24) is 4.73 Å². The van der Waals surface area contributed by atoms with Crippen LogP contribution in [0.4, 0.5) is 0 Å². The summed E-state index contributed by atoms with van der Waals surface area (Å²) in [7, 11) is 0. The van der Waals surface area contributed by atoms with Crippen molar-refractivity contribution in [2.24, 2.45) is 0 Å². The molecule has 0 fully saturated rings. The van der Waals surface area contributed by atoms with Crippen LogP contribution in [0.2, 0.25) is 0 Å². The Balaban J connectivity index is 1.70. The van der Waals surface area contributed by atoms with Gasteiger partial charge in [-0.05, 0) is 66.1 Å². The summed E-state index contributed by atoms with van der Waals surface area (Å²) in [5, 5.41) is 12.0. The van der Waals surface area contributed by atoms with Crippen LogP contribution < -0.4 is 0 Å². The molecule has 2 heteroatoms. The number of hydrogen-bond acceptors (Lipinski definition) is 1. The van der Waals surface area contributed by atoms with Crippen LogP contribution >= 0.6 is 0 Å². The molecular formula is C27H25NO. The summed E-state index contributed by atoms with van der Waals surface area (Å²) in [5.41, 5.74) is 9.52. The van der Waals surface area contributed by atoms with Crippen molar-refractivity contribution in [2.45, 2.75) is 32.6 Å². The third kappa shape index (κ3) is 2.87. The minimum Gasteiger partial charge on any atom is -0.428 e. The molecule has 144 valence electrons. The largest absolute Gasteiger partial charge is 0.428 e. The van der Waals surface area contributed by atoms with Crippen LogP contribution in [0, 0.1) is 13.8 Å². The van der Waals surface area contributed by atoms with Gasteiger partial charge in [-0.1, -0.05) is 72.8 Å². The van der Waals surface area contributed by atoms with Gasteiger partial charge in [0.1, 0.15) is 0 Å². The molecule has 1 unspecified atom stereocenters. The van der Waals surface area contributed by atoms with Gasteiger partial charge in [0.15, 0.2) is 0 Å². The fourth-order valence-electron chi connectivity index (χ4n) is 4.84. The maximum absolute atomic E-state index is 10.8.